The van der Waals surface area contributed by atoms with Crippen LogP contribution in [0.2, 0.25) is 5.02 Å². The van der Waals surface area contributed by atoms with Gasteiger partial charge in [-0.25, -0.2) is 9.97 Å². The monoisotopic (exact) mass is 336 g/mol. The fourth-order valence-corrected chi connectivity index (χ4v) is 1.71. The highest BCUT2D eigenvalue weighted by molar-refractivity contribution is 6.32. The minimum absolute atomic E-state index is 0.109. The molecule has 1 unspecified atom stereocenters. The van der Waals surface area contributed by atoms with E-state index in [9.17, 15) is 4.79 Å². The van der Waals surface area contributed by atoms with Gasteiger partial charge in [-0.2, -0.15) is 0 Å². The maximum Gasteiger partial charge on any atom is 0.228 e. The Hall–Kier alpha value is -2.14. The third-order valence-electron chi connectivity index (χ3n) is 2.76. The van der Waals surface area contributed by atoms with Crippen LogP contribution < -0.4 is 10.6 Å². The van der Waals surface area contributed by atoms with Gasteiger partial charge in [-0.3, -0.25) is 4.79 Å². The lowest BCUT2D eigenvalue weighted by Gasteiger charge is -2.17. The molecule has 6 heteroatoms. The number of halogens is 1. The summed E-state index contributed by atoms with van der Waals surface area (Å²) in [6.07, 6.45) is 8.52. The van der Waals surface area contributed by atoms with Crippen molar-refractivity contribution < 1.29 is 4.79 Å². The normalized spacial score (nSPS) is 12.2. The molecule has 0 radical (unpaired) electrons. The number of aryl methyl sites for hydroxylation is 1. The number of hydrogen-bond donors (Lipinski definition) is 2. The van der Waals surface area contributed by atoms with Crippen LogP contribution in [0.4, 0.5) is 5.82 Å². The number of carbonyl (C=O) groups excluding carboxylic acids is 1. The van der Waals surface area contributed by atoms with E-state index >= 15 is 0 Å². The van der Waals surface area contributed by atoms with Crippen molar-refractivity contribution >= 4 is 23.3 Å². The Labute approximate surface area is 143 Å². The lowest BCUT2D eigenvalue weighted by Crippen LogP contribution is -2.29. The van der Waals surface area contributed by atoms with Crippen LogP contribution in [0.15, 0.2) is 42.8 Å². The minimum atomic E-state index is -0.379. The summed E-state index contributed by atoms with van der Waals surface area (Å²) in [5.41, 5.74) is 0.674. The van der Waals surface area contributed by atoms with E-state index in [1.54, 1.807) is 45.2 Å². The van der Waals surface area contributed by atoms with E-state index < -0.39 is 0 Å². The van der Waals surface area contributed by atoms with Crippen LogP contribution in [0, 0.1) is 12.8 Å². The molecule has 1 aromatic heterocycles. The molecule has 0 saturated heterocycles. The summed E-state index contributed by atoms with van der Waals surface area (Å²) < 4.78 is 0. The third-order valence-corrected chi connectivity index (χ3v) is 3.03. The quantitative estimate of drug-likeness (QED) is 0.773. The first-order chi connectivity index (χ1) is 11.0. The zero-order valence-corrected chi connectivity index (χ0v) is 15.1. The van der Waals surface area contributed by atoms with Gasteiger partial charge in [0.15, 0.2) is 5.82 Å². The van der Waals surface area contributed by atoms with Crippen molar-refractivity contribution in [2.24, 2.45) is 5.92 Å². The number of nitrogens with zero attached hydrogens (tertiary/aromatic N) is 2. The SMILES string of the molecule is C=C/C=C\C=C(\Nc1nc(C)ncc1Cl)C(C)C(=O)NC.CC. The highest BCUT2D eigenvalue weighted by atomic mass is 35.5. The van der Waals surface area contributed by atoms with Gasteiger partial charge in [0.1, 0.15) is 10.8 Å². The van der Waals surface area contributed by atoms with Crippen molar-refractivity contribution in [2.75, 3.05) is 12.4 Å². The van der Waals surface area contributed by atoms with Crippen LogP contribution >= 0.6 is 11.6 Å². The van der Waals surface area contributed by atoms with Gasteiger partial charge in [-0.15, -0.1) is 0 Å². The molecule has 1 rings (SSSR count). The predicted octanol–water partition coefficient (Wildman–Crippen LogP) is 3.88. The topological polar surface area (TPSA) is 66.9 Å². The minimum Gasteiger partial charge on any atom is -0.359 e. The van der Waals surface area contributed by atoms with Crippen LogP contribution in [-0.2, 0) is 4.79 Å². The summed E-state index contributed by atoms with van der Waals surface area (Å²) >= 11 is 6.07. The average Bonchev–Trinajstić information content (AvgIpc) is 2.57. The molecule has 2 N–H and O–H groups in total. The molecule has 0 aliphatic carbocycles. The molecule has 1 amide bonds. The first-order valence-electron chi connectivity index (χ1n) is 7.46. The molecule has 0 aromatic carbocycles. The number of aromatic nitrogens is 2. The Balaban J connectivity index is 0.00000232. The van der Waals surface area contributed by atoms with E-state index in [1.807, 2.05) is 13.8 Å². The second kappa shape index (κ2) is 11.4. The lowest BCUT2D eigenvalue weighted by molar-refractivity contribution is -0.122. The number of amides is 1. The molecule has 23 heavy (non-hydrogen) atoms. The van der Waals surface area contributed by atoms with Crippen LogP contribution in [0.3, 0.4) is 0 Å². The standard InChI is InChI=1S/C15H19ClN4O.C2H6/c1-5-6-7-8-13(10(2)15(21)17-4)20-14-12(16)9-18-11(3)19-14;1-2/h5-10H,1H2,2-4H3,(H,17,21)(H,18,19,20);1-2H3/b7-6-,13-8+;. The van der Waals surface area contributed by atoms with Gasteiger partial charge in [0.05, 0.1) is 12.1 Å². The van der Waals surface area contributed by atoms with E-state index in [1.165, 1.54) is 6.20 Å². The summed E-state index contributed by atoms with van der Waals surface area (Å²) in [5.74, 6) is 0.576. The van der Waals surface area contributed by atoms with Gasteiger partial charge >= 0.3 is 0 Å². The van der Waals surface area contributed by atoms with Crippen LogP contribution in [-0.4, -0.2) is 22.9 Å². The summed E-state index contributed by atoms with van der Waals surface area (Å²) in [6.45, 7) is 11.2. The number of anilines is 1. The van der Waals surface area contributed by atoms with Crippen molar-refractivity contribution in [3.63, 3.8) is 0 Å². The molecule has 1 heterocycles. The van der Waals surface area contributed by atoms with Gasteiger partial charge in [-0.1, -0.05) is 50.3 Å². The van der Waals surface area contributed by atoms with E-state index in [2.05, 4.69) is 27.2 Å². The Morgan fingerprint density at radius 1 is 1.39 bits per heavy atom. The smallest absolute Gasteiger partial charge is 0.228 e. The van der Waals surface area contributed by atoms with Crippen LogP contribution in [0.5, 0.6) is 0 Å². The molecule has 0 saturated carbocycles. The zero-order valence-electron chi connectivity index (χ0n) is 14.4. The largest absolute Gasteiger partial charge is 0.359 e. The lowest BCUT2D eigenvalue weighted by atomic mass is 10.1. The number of allylic oxidation sites excluding steroid dienone is 4. The van der Waals surface area contributed by atoms with E-state index in [0.29, 0.717) is 22.4 Å². The van der Waals surface area contributed by atoms with Gasteiger partial charge < -0.3 is 10.6 Å². The molecule has 1 atom stereocenters. The number of carbonyl (C=O) groups is 1. The van der Waals surface area contributed by atoms with Crippen molar-refractivity contribution in [1.82, 2.24) is 15.3 Å². The fourth-order valence-electron chi connectivity index (χ4n) is 1.57. The van der Waals surface area contributed by atoms with Gasteiger partial charge in [-0.05, 0) is 19.9 Å². The van der Waals surface area contributed by atoms with Crippen LogP contribution in [0.1, 0.15) is 26.6 Å². The first-order valence-corrected chi connectivity index (χ1v) is 7.84. The van der Waals surface area contributed by atoms with Crippen molar-refractivity contribution in [2.45, 2.75) is 27.7 Å². The molecule has 0 aliphatic heterocycles. The first kappa shape index (κ1) is 20.9. The molecule has 0 aliphatic rings. The van der Waals surface area contributed by atoms with Crippen LogP contribution in [0.25, 0.3) is 0 Å². The predicted molar refractivity (Wildman–Crippen MR) is 97.4 cm³/mol. The van der Waals surface area contributed by atoms with E-state index in [-0.39, 0.29) is 11.8 Å². The van der Waals surface area contributed by atoms with Gasteiger partial charge in [0, 0.05) is 12.7 Å². The maximum atomic E-state index is 11.8. The molecular weight excluding hydrogens is 312 g/mol. The molecule has 0 spiro atoms. The Morgan fingerprint density at radius 2 is 2.04 bits per heavy atom. The summed E-state index contributed by atoms with van der Waals surface area (Å²) in [7, 11) is 1.60. The number of nitrogens with one attached hydrogen (secondary N) is 2. The zero-order chi connectivity index (χ0) is 17.8. The molecular formula is C17H25ClN4O. The van der Waals surface area contributed by atoms with Gasteiger partial charge in [0.2, 0.25) is 5.91 Å². The van der Waals surface area contributed by atoms with Gasteiger partial charge in [0.25, 0.3) is 0 Å². The maximum absolute atomic E-state index is 11.8. The Morgan fingerprint density at radius 3 is 2.61 bits per heavy atom. The molecule has 0 fully saturated rings. The molecule has 126 valence electrons. The summed E-state index contributed by atoms with van der Waals surface area (Å²) in [4.78, 5) is 20.1. The molecule has 5 nitrogen and oxygen atoms in total. The average molecular weight is 337 g/mol. The highest BCUT2D eigenvalue weighted by Crippen LogP contribution is 2.22. The molecule has 0 bridgehead atoms. The number of rotatable bonds is 6. The van der Waals surface area contributed by atoms with Crippen molar-refractivity contribution in [1.29, 1.82) is 0 Å². The molecule has 1 aromatic rings. The summed E-state index contributed by atoms with van der Waals surface area (Å²) in [6, 6.07) is 0. The fraction of sp³-hybridized carbons (Fsp3) is 0.353. The Bertz CT molecular complexity index is 582. The summed E-state index contributed by atoms with van der Waals surface area (Å²) in [5, 5.41) is 6.10. The van der Waals surface area contributed by atoms with E-state index in [4.69, 9.17) is 11.6 Å². The van der Waals surface area contributed by atoms with Crippen molar-refractivity contribution in [3.05, 3.63) is 53.6 Å². The third kappa shape index (κ3) is 7.10. The Kier molecular flexibility index (Phi) is 10.4. The second-order valence-corrected chi connectivity index (χ2v) is 4.72. The van der Waals surface area contributed by atoms with E-state index in [0.717, 1.165) is 0 Å². The number of hydrogen-bond acceptors (Lipinski definition) is 4. The van der Waals surface area contributed by atoms with Crippen molar-refractivity contribution in [3.8, 4) is 0 Å². The second-order valence-electron chi connectivity index (χ2n) is 4.32. The highest BCUT2D eigenvalue weighted by Gasteiger charge is 2.17.